The number of ether oxygens (including phenoxy) is 1. The lowest BCUT2D eigenvalue weighted by Crippen LogP contribution is -2.30. The normalized spacial score (nSPS) is 10.7. The Morgan fingerprint density at radius 2 is 2.26 bits per heavy atom. The minimum atomic E-state index is -1.10. The number of hydrogen-bond donors (Lipinski definition) is 2. The lowest BCUT2D eigenvalue weighted by Gasteiger charge is -2.08. The monoisotopic (exact) mass is 269 g/mol. The van der Waals surface area contributed by atoms with E-state index in [9.17, 15) is 9.59 Å². The Labute approximate surface area is 111 Å². The molecular weight excluding hydrogens is 250 g/mol. The highest BCUT2D eigenvalue weighted by Crippen LogP contribution is 1.98. The average Bonchev–Trinajstić information content (AvgIpc) is 2.76. The smallest absolute Gasteiger partial charge is 0.354 e. The molecule has 0 aromatic carbocycles. The summed E-state index contributed by atoms with van der Waals surface area (Å²) in [6.07, 6.45) is 2.25. The summed E-state index contributed by atoms with van der Waals surface area (Å²) >= 11 is 0. The Balaban J connectivity index is 2.27. The zero-order chi connectivity index (χ0) is 14.3. The first-order valence-electron chi connectivity index (χ1n) is 6.14. The molecule has 19 heavy (non-hydrogen) atoms. The Hall–Kier alpha value is -1.89. The van der Waals surface area contributed by atoms with Crippen LogP contribution in [-0.4, -0.2) is 46.0 Å². The lowest BCUT2D eigenvalue weighted by atomic mass is 10.4. The zero-order valence-electron chi connectivity index (χ0n) is 11.1. The van der Waals surface area contributed by atoms with Gasteiger partial charge in [0.2, 0.25) is 5.91 Å². The van der Waals surface area contributed by atoms with E-state index in [1.807, 2.05) is 13.8 Å². The van der Waals surface area contributed by atoms with Gasteiger partial charge in [-0.05, 0) is 26.3 Å². The zero-order valence-corrected chi connectivity index (χ0v) is 11.1. The summed E-state index contributed by atoms with van der Waals surface area (Å²) in [5.41, 5.74) is -0.00158. The average molecular weight is 269 g/mol. The molecule has 1 amide bonds. The molecule has 0 spiro atoms. The van der Waals surface area contributed by atoms with E-state index < -0.39 is 5.97 Å². The molecule has 7 nitrogen and oxygen atoms in total. The third-order valence-corrected chi connectivity index (χ3v) is 2.32. The van der Waals surface area contributed by atoms with E-state index in [4.69, 9.17) is 9.84 Å². The van der Waals surface area contributed by atoms with Gasteiger partial charge in [-0.25, -0.2) is 9.48 Å². The van der Waals surface area contributed by atoms with Gasteiger partial charge < -0.3 is 15.2 Å². The number of aromatic carboxylic acids is 1. The van der Waals surface area contributed by atoms with Gasteiger partial charge in [-0.3, -0.25) is 4.79 Å². The molecule has 0 aliphatic rings. The van der Waals surface area contributed by atoms with Crippen LogP contribution in [0.1, 0.15) is 30.8 Å². The van der Waals surface area contributed by atoms with Gasteiger partial charge in [0.25, 0.3) is 0 Å². The maximum absolute atomic E-state index is 11.6. The maximum Gasteiger partial charge on any atom is 0.354 e. The van der Waals surface area contributed by atoms with Gasteiger partial charge >= 0.3 is 5.97 Å². The maximum atomic E-state index is 11.6. The predicted octanol–water partition coefficient (Wildman–Crippen LogP) is 0.513. The molecule has 0 bridgehead atoms. The fourth-order valence-electron chi connectivity index (χ4n) is 1.45. The minimum absolute atomic E-state index is 0.00158. The second-order valence-electron chi connectivity index (χ2n) is 4.30. The van der Waals surface area contributed by atoms with Crippen LogP contribution >= 0.6 is 0 Å². The second kappa shape index (κ2) is 7.52. The Kier molecular flexibility index (Phi) is 6.01. The van der Waals surface area contributed by atoms with E-state index in [2.05, 4.69) is 10.4 Å². The van der Waals surface area contributed by atoms with Crippen molar-refractivity contribution in [2.24, 2.45) is 0 Å². The van der Waals surface area contributed by atoms with Crippen LogP contribution in [0.3, 0.4) is 0 Å². The molecule has 1 rings (SSSR count). The van der Waals surface area contributed by atoms with Crippen LogP contribution < -0.4 is 5.32 Å². The van der Waals surface area contributed by atoms with E-state index in [1.54, 1.807) is 0 Å². The van der Waals surface area contributed by atoms with E-state index in [1.165, 1.54) is 12.3 Å². The number of carboxylic acid groups (broad SMARTS) is 1. The summed E-state index contributed by atoms with van der Waals surface area (Å²) in [6, 6.07) is 1.35. The molecule has 1 heterocycles. The van der Waals surface area contributed by atoms with Gasteiger partial charge in [-0.2, -0.15) is 5.10 Å². The summed E-state index contributed by atoms with van der Waals surface area (Å²) in [6.45, 7) is 4.88. The van der Waals surface area contributed by atoms with Gasteiger partial charge in [-0.1, -0.05) is 0 Å². The molecular formula is C12H19N3O4. The summed E-state index contributed by atoms with van der Waals surface area (Å²) in [5.74, 6) is -1.37. The fraction of sp³-hybridized carbons (Fsp3) is 0.583. The number of carbonyl (C=O) groups is 2. The van der Waals surface area contributed by atoms with E-state index >= 15 is 0 Å². The highest BCUT2D eigenvalue weighted by molar-refractivity contribution is 5.86. The quantitative estimate of drug-likeness (QED) is 0.671. The molecule has 7 heteroatoms. The highest BCUT2D eigenvalue weighted by Gasteiger charge is 2.12. The second-order valence-corrected chi connectivity index (χ2v) is 4.30. The van der Waals surface area contributed by atoms with Crippen LogP contribution in [0.4, 0.5) is 0 Å². The molecule has 0 unspecified atom stereocenters. The number of carbonyl (C=O) groups excluding carboxylic acids is 1. The van der Waals surface area contributed by atoms with Crippen molar-refractivity contribution in [2.45, 2.75) is 32.9 Å². The number of amides is 1. The summed E-state index contributed by atoms with van der Waals surface area (Å²) in [5, 5.41) is 15.3. The molecule has 0 atom stereocenters. The van der Waals surface area contributed by atoms with Crippen LogP contribution in [0.5, 0.6) is 0 Å². The SMILES string of the molecule is CC(C)OCCCNC(=O)Cn1nccc1C(=O)O. The molecule has 0 saturated heterocycles. The largest absolute Gasteiger partial charge is 0.477 e. The van der Waals surface area contributed by atoms with Crippen molar-refractivity contribution in [2.75, 3.05) is 13.2 Å². The molecule has 0 radical (unpaired) electrons. The van der Waals surface area contributed by atoms with Crippen LogP contribution in [0, 0.1) is 0 Å². The van der Waals surface area contributed by atoms with Gasteiger partial charge in [0.1, 0.15) is 12.2 Å². The Morgan fingerprint density at radius 1 is 1.53 bits per heavy atom. The van der Waals surface area contributed by atoms with Crippen LogP contribution in [0.25, 0.3) is 0 Å². The molecule has 106 valence electrons. The molecule has 0 aliphatic carbocycles. The van der Waals surface area contributed by atoms with E-state index in [-0.39, 0.29) is 24.2 Å². The third kappa shape index (κ3) is 5.52. The number of nitrogens with one attached hydrogen (secondary N) is 1. The van der Waals surface area contributed by atoms with Crippen molar-refractivity contribution in [1.29, 1.82) is 0 Å². The first-order valence-corrected chi connectivity index (χ1v) is 6.14. The molecule has 2 N–H and O–H groups in total. The predicted molar refractivity (Wildman–Crippen MR) is 67.9 cm³/mol. The van der Waals surface area contributed by atoms with Crippen molar-refractivity contribution >= 4 is 11.9 Å². The minimum Gasteiger partial charge on any atom is -0.477 e. The lowest BCUT2D eigenvalue weighted by molar-refractivity contribution is -0.121. The Morgan fingerprint density at radius 3 is 2.89 bits per heavy atom. The number of carboxylic acids is 1. The molecule has 1 aromatic rings. The van der Waals surface area contributed by atoms with Gasteiger partial charge in [0.15, 0.2) is 0 Å². The van der Waals surface area contributed by atoms with Crippen molar-refractivity contribution < 1.29 is 19.4 Å². The first-order chi connectivity index (χ1) is 9.00. The van der Waals surface area contributed by atoms with Crippen molar-refractivity contribution in [1.82, 2.24) is 15.1 Å². The summed E-state index contributed by atoms with van der Waals surface area (Å²) < 4.78 is 6.49. The molecule has 1 aromatic heterocycles. The van der Waals surface area contributed by atoms with Gasteiger partial charge in [0, 0.05) is 19.3 Å². The fourth-order valence-corrected chi connectivity index (χ4v) is 1.45. The standard InChI is InChI=1S/C12H19N3O4/c1-9(2)19-7-3-5-13-11(16)8-15-10(12(17)18)4-6-14-15/h4,6,9H,3,5,7-8H2,1-2H3,(H,13,16)(H,17,18). The number of nitrogens with zero attached hydrogens (tertiary/aromatic N) is 2. The van der Waals surface area contributed by atoms with Crippen molar-refractivity contribution in [3.63, 3.8) is 0 Å². The number of hydrogen-bond acceptors (Lipinski definition) is 4. The van der Waals surface area contributed by atoms with Crippen LogP contribution in [0.15, 0.2) is 12.3 Å². The van der Waals surface area contributed by atoms with E-state index in [0.29, 0.717) is 13.2 Å². The third-order valence-electron chi connectivity index (χ3n) is 2.32. The van der Waals surface area contributed by atoms with Crippen LogP contribution in [-0.2, 0) is 16.1 Å². The molecule has 0 saturated carbocycles. The molecule has 0 aliphatic heterocycles. The first kappa shape index (κ1) is 15.2. The van der Waals surface area contributed by atoms with E-state index in [0.717, 1.165) is 11.1 Å². The highest BCUT2D eigenvalue weighted by atomic mass is 16.5. The van der Waals surface area contributed by atoms with Crippen molar-refractivity contribution in [3.8, 4) is 0 Å². The summed E-state index contributed by atoms with van der Waals surface area (Å²) in [7, 11) is 0. The van der Waals surface area contributed by atoms with Crippen LogP contribution in [0.2, 0.25) is 0 Å². The van der Waals surface area contributed by atoms with Crippen molar-refractivity contribution in [3.05, 3.63) is 18.0 Å². The topological polar surface area (TPSA) is 93.5 Å². The van der Waals surface area contributed by atoms with Gasteiger partial charge in [-0.15, -0.1) is 0 Å². The number of aromatic nitrogens is 2. The van der Waals surface area contributed by atoms with Gasteiger partial charge in [0.05, 0.1) is 6.10 Å². The Bertz CT molecular complexity index is 428. The number of rotatable bonds is 8. The molecule has 0 fully saturated rings. The summed E-state index contributed by atoms with van der Waals surface area (Å²) in [4.78, 5) is 22.4.